The summed E-state index contributed by atoms with van der Waals surface area (Å²) < 4.78 is 5.18. The molecule has 8 nitrogen and oxygen atoms in total. The Balaban J connectivity index is 1.44. The van der Waals surface area contributed by atoms with Crippen molar-refractivity contribution in [3.63, 3.8) is 0 Å². The van der Waals surface area contributed by atoms with Crippen LogP contribution < -0.4 is 15.4 Å². The van der Waals surface area contributed by atoms with Crippen molar-refractivity contribution >= 4 is 34.3 Å². The van der Waals surface area contributed by atoms with E-state index in [1.807, 2.05) is 38.1 Å². The molecule has 2 atom stereocenters. The standard InChI is InChI=1S/C22H26N4O4S/c1-13-6-4-5-11-22(13)19(28)26(21(29)25-22)12-17(27)23-20-24-18(14(2)31-20)15-7-9-16(30-3)10-8-15/h7-10,13H,4-6,11-12H2,1-3H3,(H,25,29)(H,23,24,27)/t13-,22-/m1/s1. The zero-order valence-corrected chi connectivity index (χ0v) is 18.7. The number of hydrogen-bond acceptors (Lipinski definition) is 6. The molecule has 9 heteroatoms. The monoisotopic (exact) mass is 442 g/mol. The summed E-state index contributed by atoms with van der Waals surface area (Å²) in [6, 6.07) is 7.02. The summed E-state index contributed by atoms with van der Waals surface area (Å²) in [6.45, 7) is 3.59. The van der Waals surface area contributed by atoms with E-state index in [4.69, 9.17) is 4.74 Å². The van der Waals surface area contributed by atoms with Gasteiger partial charge in [0.1, 0.15) is 17.8 Å². The number of hydrogen-bond donors (Lipinski definition) is 2. The number of aromatic nitrogens is 1. The number of urea groups is 1. The van der Waals surface area contributed by atoms with E-state index in [9.17, 15) is 14.4 Å². The van der Waals surface area contributed by atoms with Gasteiger partial charge in [0.05, 0.1) is 12.8 Å². The lowest BCUT2D eigenvalue weighted by molar-refractivity contribution is -0.136. The van der Waals surface area contributed by atoms with Crippen LogP contribution >= 0.6 is 11.3 Å². The minimum absolute atomic E-state index is 0.0550. The van der Waals surface area contributed by atoms with Gasteiger partial charge < -0.3 is 15.4 Å². The van der Waals surface area contributed by atoms with E-state index in [0.29, 0.717) is 11.6 Å². The van der Waals surface area contributed by atoms with Crippen molar-refractivity contribution in [3.05, 3.63) is 29.1 Å². The van der Waals surface area contributed by atoms with Crippen LogP contribution in [-0.2, 0) is 9.59 Å². The molecule has 1 aliphatic carbocycles. The van der Waals surface area contributed by atoms with E-state index < -0.39 is 17.5 Å². The Kier molecular flexibility index (Phi) is 5.70. The molecule has 2 N–H and O–H groups in total. The number of benzene rings is 1. The van der Waals surface area contributed by atoms with Gasteiger partial charge in [-0.15, -0.1) is 11.3 Å². The highest BCUT2D eigenvalue weighted by atomic mass is 32.1. The number of thiazole rings is 1. The average molecular weight is 443 g/mol. The Morgan fingerprint density at radius 2 is 2.06 bits per heavy atom. The fourth-order valence-corrected chi connectivity index (χ4v) is 5.26. The number of methoxy groups -OCH3 is 1. The van der Waals surface area contributed by atoms with E-state index >= 15 is 0 Å². The van der Waals surface area contributed by atoms with Gasteiger partial charge in [-0.1, -0.05) is 19.8 Å². The molecule has 2 aliphatic rings. The number of carbonyl (C=O) groups excluding carboxylic acids is 3. The highest BCUT2D eigenvalue weighted by Gasteiger charge is 2.55. The van der Waals surface area contributed by atoms with Crippen molar-refractivity contribution in [2.75, 3.05) is 19.0 Å². The maximum Gasteiger partial charge on any atom is 0.325 e. The highest BCUT2D eigenvalue weighted by Crippen LogP contribution is 2.38. The SMILES string of the molecule is COc1ccc(-c2nc(NC(=O)CN3C(=O)N[C@@]4(CCCC[C@H]4C)C3=O)sc2C)cc1. The van der Waals surface area contributed by atoms with Gasteiger partial charge in [0.25, 0.3) is 5.91 Å². The summed E-state index contributed by atoms with van der Waals surface area (Å²) in [5.74, 6) is 0.0661. The van der Waals surface area contributed by atoms with E-state index in [1.165, 1.54) is 11.3 Å². The highest BCUT2D eigenvalue weighted by molar-refractivity contribution is 7.16. The maximum atomic E-state index is 13.0. The summed E-state index contributed by atoms with van der Waals surface area (Å²) >= 11 is 1.35. The number of nitrogens with one attached hydrogen (secondary N) is 2. The number of aryl methyl sites for hydroxylation is 1. The van der Waals surface area contributed by atoms with Gasteiger partial charge in [0.15, 0.2) is 5.13 Å². The van der Waals surface area contributed by atoms with Crippen molar-refractivity contribution in [1.82, 2.24) is 15.2 Å². The molecule has 1 saturated carbocycles. The Labute approximate surface area is 185 Å². The van der Waals surface area contributed by atoms with Crippen molar-refractivity contribution < 1.29 is 19.1 Å². The summed E-state index contributed by atoms with van der Waals surface area (Å²) in [5, 5.41) is 6.03. The lowest BCUT2D eigenvalue weighted by Crippen LogP contribution is -2.54. The Bertz CT molecular complexity index is 1020. The molecule has 4 amide bonds. The maximum absolute atomic E-state index is 13.0. The first-order valence-electron chi connectivity index (χ1n) is 10.4. The smallest absolute Gasteiger partial charge is 0.325 e. The van der Waals surface area contributed by atoms with Crippen molar-refractivity contribution in [3.8, 4) is 17.0 Å². The predicted octanol–water partition coefficient (Wildman–Crippen LogP) is 3.57. The summed E-state index contributed by atoms with van der Waals surface area (Å²) in [5.41, 5.74) is 0.819. The first-order chi connectivity index (χ1) is 14.8. The average Bonchev–Trinajstić information content (AvgIpc) is 3.23. The molecule has 1 saturated heterocycles. The molecule has 1 aromatic heterocycles. The van der Waals surface area contributed by atoms with Crippen LogP contribution in [0.1, 0.15) is 37.5 Å². The van der Waals surface area contributed by atoms with Gasteiger partial charge in [-0.25, -0.2) is 9.78 Å². The Hall–Kier alpha value is -2.94. The second-order valence-electron chi connectivity index (χ2n) is 8.14. The normalized spacial score (nSPS) is 23.2. The molecule has 31 heavy (non-hydrogen) atoms. The second-order valence-corrected chi connectivity index (χ2v) is 9.34. The Morgan fingerprint density at radius 1 is 1.32 bits per heavy atom. The molecule has 1 aromatic carbocycles. The molecular weight excluding hydrogens is 416 g/mol. The van der Waals surface area contributed by atoms with Gasteiger partial charge in [0.2, 0.25) is 5.91 Å². The third-order valence-corrected chi connectivity index (χ3v) is 7.10. The van der Waals surface area contributed by atoms with Crippen LogP contribution in [0.2, 0.25) is 0 Å². The van der Waals surface area contributed by atoms with E-state index in [2.05, 4.69) is 15.6 Å². The lowest BCUT2D eigenvalue weighted by Gasteiger charge is -2.36. The quantitative estimate of drug-likeness (QED) is 0.690. The molecule has 0 unspecified atom stereocenters. The van der Waals surface area contributed by atoms with Gasteiger partial charge in [0, 0.05) is 10.4 Å². The van der Waals surface area contributed by atoms with Crippen molar-refractivity contribution in [2.45, 2.75) is 45.1 Å². The minimum Gasteiger partial charge on any atom is -0.497 e. The van der Waals surface area contributed by atoms with Gasteiger partial charge in [-0.3, -0.25) is 14.5 Å². The zero-order chi connectivity index (χ0) is 22.2. The summed E-state index contributed by atoms with van der Waals surface area (Å²) in [6.07, 6.45) is 3.45. The van der Waals surface area contributed by atoms with E-state index in [-0.39, 0.29) is 18.4 Å². The molecule has 0 radical (unpaired) electrons. The number of nitrogens with zero attached hydrogens (tertiary/aromatic N) is 2. The number of anilines is 1. The minimum atomic E-state index is -0.866. The van der Waals surface area contributed by atoms with E-state index in [1.54, 1.807) is 7.11 Å². The second kappa shape index (κ2) is 8.30. The summed E-state index contributed by atoms with van der Waals surface area (Å²) in [4.78, 5) is 44.6. The first kappa shape index (κ1) is 21.3. The largest absolute Gasteiger partial charge is 0.497 e. The summed E-state index contributed by atoms with van der Waals surface area (Å²) in [7, 11) is 1.61. The molecule has 164 valence electrons. The lowest BCUT2D eigenvalue weighted by atomic mass is 9.73. The third kappa shape index (κ3) is 3.89. The molecule has 2 fully saturated rings. The third-order valence-electron chi connectivity index (χ3n) is 6.21. The molecule has 1 spiro atoms. The zero-order valence-electron chi connectivity index (χ0n) is 17.9. The van der Waals surface area contributed by atoms with E-state index in [0.717, 1.165) is 46.0 Å². The molecular formula is C22H26N4O4S. The van der Waals surface area contributed by atoms with Crippen LogP contribution in [0.15, 0.2) is 24.3 Å². The van der Waals surface area contributed by atoms with Gasteiger partial charge in [-0.2, -0.15) is 0 Å². The van der Waals surface area contributed by atoms with Crippen LogP contribution in [0, 0.1) is 12.8 Å². The number of amides is 4. The number of imide groups is 1. The topological polar surface area (TPSA) is 101 Å². The Morgan fingerprint density at radius 3 is 2.74 bits per heavy atom. The van der Waals surface area contributed by atoms with Crippen LogP contribution in [0.3, 0.4) is 0 Å². The molecule has 2 heterocycles. The molecule has 1 aliphatic heterocycles. The number of rotatable bonds is 5. The fraction of sp³-hybridized carbons (Fsp3) is 0.455. The molecule has 4 rings (SSSR count). The number of ether oxygens (including phenoxy) is 1. The van der Waals surface area contributed by atoms with Crippen LogP contribution in [0.25, 0.3) is 11.3 Å². The first-order valence-corrected chi connectivity index (χ1v) is 11.2. The molecule has 2 aromatic rings. The van der Waals surface area contributed by atoms with Crippen LogP contribution in [0.4, 0.5) is 9.93 Å². The van der Waals surface area contributed by atoms with Crippen molar-refractivity contribution in [2.24, 2.45) is 5.92 Å². The van der Waals surface area contributed by atoms with Gasteiger partial charge >= 0.3 is 6.03 Å². The van der Waals surface area contributed by atoms with Crippen LogP contribution in [-0.4, -0.2) is 46.9 Å². The fourth-order valence-electron chi connectivity index (χ4n) is 4.41. The predicted molar refractivity (Wildman–Crippen MR) is 118 cm³/mol. The number of carbonyl (C=O) groups is 3. The van der Waals surface area contributed by atoms with Crippen molar-refractivity contribution in [1.29, 1.82) is 0 Å². The van der Waals surface area contributed by atoms with Gasteiger partial charge in [-0.05, 0) is 49.9 Å². The van der Waals surface area contributed by atoms with Crippen LogP contribution in [0.5, 0.6) is 5.75 Å². The molecule has 0 bridgehead atoms.